The SMILES string of the molecule is C[C@H](NCC(=O)Nc1ccc(-c2ccccc2)cc1)c1ccc(F)cc1F. The van der Waals surface area contributed by atoms with Crippen LogP contribution in [0.5, 0.6) is 0 Å². The van der Waals surface area contributed by atoms with Crippen LogP contribution in [0.4, 0.5) is 14.5 Å². The van der Waals surface area contributed by atoms with Crippen molar-refractivity contribution in [3.8, 4) is 11.1 Å². The third kappa shape index (κ3) is 4.99. The molecule has 3 rings (SSSR count). The normalized spacial score (nSPS) is 11.8. The third-order valence-electron chi connectivity index (χ3n) is 4.27. The molecule has 0 radical (unpaired) electrons. The Balaban J connectivity index is 1.54. The fourth-order valence-corrected chi connectivity index (χ4v) is 2.79. The van der Waals surface area contributed by atoms with Gasteiger partial charge in [-0.3, -0.25) is 4.79 Å². The molecule has 5 heteroatoms. The molecule has 0 aliphatic rings. The maximum atomic E-state index is 13.8. The highest BCUT2D eigenvalue weighted by atomic mass is 19.1. The van der Waals surface area contributed by atoms with Crippen LogP contribution in [0.2, 0.25) is 0 Å². The second-order valence-electron chi connectivity index (χ2n) is 6.26. The van der Waals surface area contributed by atoms with Crippen molar-refractivity contribution in [1.29, 1.82) is 0 Å². The summed E-state index contributed by atoms with van der Waals surface area (Å²) in [6, 6.07) is 20.5. The average Bonchev–Trinajstić information content (AvgIpc) is 2.67. The van der Waals surface area contributed by atoms with Crippen molar-refractivity contribution < 1.29 is 13.6 Å². The van der Waals surface area contributed by atoms with Crippen molar-refractivity contribution in [2.75, 3.05) is 11.9 Å². The first kappa shape index (κ1) is 18.7. The minimum Gasteiger partial charge on any atom is -0.325 e. The summed E-state index contributed by atoms with van der Waals surface area (Å²) in [5.41, 5.74) is 3.16. The summed E-state index contributed by atoms with van der Waals surface area (Å²) >= 11 is 0. The molecular weight excluding hydrogens is 346 g/mol. The molecule has 0 aliphatic carbocycles. The van der Waals surface area contributed by atoms with Crippen LogP contribution in [0.15, 0.2) is 72.8 Å². The molecule has 0 spiro atoms. The molecule has 0 saturated carbocycles. The zero-order valence-electron chi connectivity index (χ0n) is 14.9. The van der Waals surface area contributed by atoms with Crippen molar-refractivity contribution in [2.24, 2.45) is 0 Å². The summed E-state index contributed by atoms with van der Waals surface area (Å²) in [6.45, 7) is 1.73. The van der Waals surface area contributed by atoms with E-state index in [0.717, 1.165) is 17.2 Å². The number of carbonyl (C=O) groups is 1. The van der Waals surface area contributed by atoms with Crippen LogP contribution in [-0.4, -0.2) is 12.5 Å². The number of hydrogen-bond donors (Lipinski definition) is 2. The molecule has 0 aromatic heterocycles. The number of benzene rings is 3. The molecule has 0 aliphatic heterocycles. The summed E-state index contributed by atoms with van der Waals surface area (Å²) in [5.74, 6) is -1.50. The third-order valence-corrected chi connectivity index (χ3v) is 4.27. The number of carbonyl (C=O) groups excluding carboxylic acids is 1. The van der Waals surface area contributed by atoms with Crippen LogP contribution in [0.1, 0.15) is 18.5 Å². The van der Waals surface area contributed by atoms with Gasteiger partial charge in [0.15, 0.2) is 0 Å². The van der Waals surface area contributed by atoms with Gasteiger partial charge < -0.3 is 10.6 Å². The van der Waals surface area contributed by atoms with Gasteiger partial charge in [0.1, 0.15) is 11.6 Å². The molecule has 1 atom stereocenters. The van der Waals surface area contributed by atoms with Crippen LogP contribution in [-0.2, 0) is 4.79 Å². The van der Waals surface area contributed by atoms with Gasteiger partial charge in [-0.25, -0.2) is 8.78 Å². The van der Waals surface area contributed by atoms with E-state index in [2.05, 4.69) is 10.6 Å². The predicted molar refractivity (Wildman–Crippen MR) is 103 cm³/mol. The Bertz CT molecular complexity index is 911. The molecule has 0 fully saturated rings. The minimum atomic E-state index is -0.632. The lowest BCUT2D eigenvalue weighted by atomic mass is 10.1. The van der Waals surface area contributed by atoms with Crippen LogP contribution >= 0.6 is 0 Å². The quantitative estimate of drug-likeness (QED) is 0.650. The predicted octanol–water partition coefficient (Wildman–Crippen LogP) is 4.92. The Morgan fingerprint density at radius 1 is 0.926 bits per heavy atom. The zero-order chi connectivity index (χ0) is 19.2. The number of rotatable bonds is 6. The monoisotopic (exact) mass is 366 g/mol. The summed E-state index contributed by atoms with van der Waals surface area (Å²) in [5, 5.41) is 5.74. The number of hydrogen-bond acceptors (Lipinski definition) is 2. The van der Waals surface area contributed by atoms with Gasteiger partial charge in [0.05, 0.1) is 6.54 Å². The van der Waals surface area contributed by atoms with Gasteiger partial charge in [-0.1, -0.05) is 48.5 Å². The van der Waals surface area contributed by atoms with E-state index in [4.69, 9.17) is 0 Å². The molecule has 0 heterocycles. The first-order chi connectivity index (χ1) is 13.0. The van der Waals surface area contributed by atoms with E-state index in [1.54, 1.807) is 6.92 Å². The Hall–Kier alpha value is -3.05. The maximum Gasteiger partial charge on any atom is 0.238 e. The highest BCUT2D eigenvalue weighted by molar-refractivity contribution is 5.92. The zero-order valence-corrected chi connectivity index (χ0v) is 14.9. The molecule has 138 valence electrons. The summed E-state index contributed by atoms with van der Waals surface area (Å²) in [4.78, 5) is 12.1. The van der Waals surface area contributed by atoms with Crippen LogP contribution < -0.4 is 10.6 Å². The molecule has 3 aromatic carbocycles. The van der Waals surface area contributed by atoms with Gasteiger partial charge in [-0.2, -0.15) is 0 Å². The topological polar surface area (TPSA) is 41.1 Å². The first-order valence-corrected chi connectivity index (χ1v) is 8.66. The number of amides is 1. The smallest absolute Gasteiger partial charge is 0.238 e. The van der Waals surface area contributed by atoms with Gasteiger partial charge in [-0.05, 0) is 36.2 Å². The van der Waals surface area contributed by atoms with Crippen molar-refractivity contribution in [2.45, 2.75) is 13.0 Å². The maximum absolute atomic E-state index is 13.8. The molecule has 0 saturated heterocycles. The number of halogens is 2. The van der Waals surface area contributed by atoms with E-state index in [1.165, 1.54) is 12.1 Å². The lowest BCUT2D eigenvalue weighted by Crippen LogP contribution is -2.30. The standard InChI is InChI=1S/C22H20F2N2O/c1-15(20-12-9-18(23)13-21(20)24)25-14-22(27)26-19-10-7-17(8-11-19)16-5-3-2-4-6-16/h2-13,15,25H,14H2,1H3,(H,26,27)/t15-/m0/s1. The lowest BCUT2D eigenvalue weighted by Gasteiger charge is -2.15. The second-order valence-corrected chi connectivity index (χ2v) is 6.26. The van der Waals surface area contributed by atoms with Crippen LogP contribution in [0.25, 0.3) is 11.1 Å². The summed E-state index contributed by atoms with van der Waals surface area (Å²) in [6.07, 6.45) is 0. The minimum absolute atomic E-state index is 0.0123. The van der Waals surface area contributed by atoms with Crippen molar-refractivity contribution in [3.05, 3.63) is 90.0 Å². The highest BCUT2D eigenvalue weighted by Gasteiger charge is 2.13. The average molecular weight is 366 g/mol. The molecule has 27 heavy (non-hydrogen) atoms. The van der Waals surface area contributed by atoms with Gasteiger partial charge in [-0.15, -0.1) is 0 Å². The van der Waals surface area contributed by atoms with Crippen LogP contribution in [0, 0.1) is 11.6 Å². The Morgan fingerprint density at radius 2 is 1.59 bits per heavy atom. The van der Waals surface area contributed by atoms with E-state index in [-0.39, 0.29) is 12.5 Å². The van der Waals surface area contributed by atoms with E-state index >= 15 is 0 Å². The number of nitrogens with one attached hydrogen (secondary N) is 2. The fraction of sp³-hybridized carbons (Fsp3) is 0.136. The molecule has 2 N–H and O–H groups in total. The highest BCUT2D eigenvalue weighted by Crippen LogP contribution is 2.21. The molecule has 0 bridgehead atoms. The van der Waals surface area contributed by atoms with Gasteiger partial charge in [0.2, 0.25) is 5.91 Å². The number of anilines is 1. The molecule has 3 aromatic rings. The first-order valence-electron chi connectivity index (χ1n) is 8.66. The van der Waals surface area contributed by atoms with Gasteiger partial charge in [0.25, 0.3) is 0 Å². The largest absolute Gasteiger partial charge is 0.325 e. The van der Waals surface area contributed by atoms with Gasteiger partial charge in [0, 0.05) is 23.4 Å². The Morgan fingerprint density at radius 3 is 2.26 bits per heavy atom. The van der Waals surface area contributed by atoms with Gasteiger partial charge >= 0.3 is 0 Å². The molecular formula is C22H20F2N2O. The lowest BCUT2D eigenvalue weighted by molar-refractivity contribution is -0.115. The van der Waals surface area contributed by atoms with E-state index in [9.17, 15) is 13.6 Å². The van der Waals surface area contributed by atoms with Crippen molar-refractivity contribution in [1.82, 2.24) is 5.32 Å². The van der Waals surface area contributed by atoms with E-state index < -0.39 is 17.7 Å². The van der Waals surface area contributed by atoms with E-state index in [1.807, 2.05) is 54.6 Å². The summed E-state index contributed by atoms with van der Waals surface area (Å²) in [7, 11) is 0. The second kappa shape index (κ2) is 8.56. The van der Waals surface area contributed by atoms with Crippen molar-refractivity contribution >= 4 is 11.6 Å². The Labute approximate surface area is 157 Å². The fourth-order valence-electron chi connectivity index (χ4n) is 2.79. The molecule has 0 unspecified atom stereocenters. The molecule has 1 amide bonds. The van der Waals surface area contributed by atoms with Crippen molar-refractivity contribution in [3.63, 3.8) is 0 Å². The summed E-state index contributed by atoms with van der Waals surface area (Å²) < 4.78 is 26.7. The van der Waals surface area contributed by atoms with E-state index in [0.29, 0.717) is 11.3 Å². The Kier molecular flexibility index (Phi) is 5.94. The van der Waals surface area contributed by atoms with Crippen LogP contribution in [0.3, 0.4) is 0 Å². The molecule has 3 nitrogen and oxygen atoms in total.